The van der Waals surface area contributed by atoms with Gasteiger partial charge in [-0.25, -0.2) is 9.78 Å². The first-order valence-electron chi connectivity index (χ1n) is 16.1. The molecule has 0 aliphatic carbocycles. The second-order valence-corrected chi connectivity index (χ2v) is 12.6. The normalized spacial score (nSPS) is 15.6. The number of aliphatic hydroxyl groups excluding tert-OH is 3. The number of carboxylic acid groups (broad SMARTS) is 1. The van der Waals surface area contributed by atoms with Crippen LogP contribution in [0.25, 0.3) is 0 Å². The Labute approximate surface area is 314 Å². The van der Waals surface area contributed by atoms with Crippen LogP contribution in [-0.4, -0.2) is 157 Å². The van der Waals surface area contributed by atoms with E-state index in [1.165, 1.54) is 19.4 Å². The third-order valence-corrected chi connectivity index (χ3v) is 8.15. The van der Waals surface area contributed by atoms with Crippen molar-refractivity contribution in [2.75, 3.05) is 31.3 Å². The fourth-order valence-corrected chi connectivity index (χ4v) is 4.64. The monoisotopic (exact) mass is 792 g/mol. The van der Waals surface area contributed by atoms with Gasteiger partial charge >= 0.3 is 5.97 Å². The predicted molar refractivity (Wildman–Crippen MR) is 191 cm³/mol. The highest BCUT2D eigenvalue weighted by atomic mass is 32.1. The number of imidazole rings is 1. The van der Waals surface area contributed by atoms with Crippen molar-refractivity contribution in [1.82, 2.24) is 47.2 Å². The van der Waals surface area contributed by atoms with Crippen molar-refractivity contribution in [3.05, 3.63) is 18.2 Å². The number of hydrogen-bond donors (Lipinski definition) is 15. The van der Waals surface area contributed by atoms with E-state index in [2.05, 4.69) is 72.4 Å². The maximum absolute atomic E-state index is 13.3. The van der Waals surface area contributed by atoms with E-state index in [9.17, 15) is 53.7 Å². The number of nitrogens with two attached hydrogens (primary N) is 1. The number of nitrogens with zero attached hydrogens (tertiary/aromatic N) is 1. The quantitative estimate of drug-likeness (QED) is 0.0458. The summed E-state index contributed by atoms with van der Waals surface area (Å²) in [5.74, 6) is -9.01. The van der Waals surface area contributed by atoms with Crippen LogP contribution in [0, 0.1) is 5.92 Å². The number of hydrogen-bond acceptors (Lipinski definition) is 15. The van der Waals surface area contributed by atoms with E-state index in [1.807, 2.05) is 0 Å². The molecule has 1 aromatic rings. The summed E-state index contributed by atoms with van der Waals surface area (Å²) < 4.78 is 0. The summed E-state index contributed by atoms with van der Waals surface area (Å²) in [6.07, 6.45) is 2.54. The highest BCUT2D eigenvalue weighted by Gasteiger charge is 2.34. The van der Waals surface area contributed by atoms with Crippen LogP contribution in [0.4, 0.5) is 0 Å². The van der Waals surface area contributed by atoms with E-state index >= 15 is 0 Å². The second kappa shape index (κ2) is 23.2. The van der Waals surface area contributed by atoms with E-state index < -0.39 is 121 Å². The Morgan fingerprint density at radius 1 is 0.660 bits per heavy atom. The molecule has 0 fully saturated rings. The summed E-state index contributed by atoms with van der Waals surface area (Å²) in [4.78, 5) is 108. The summed E-state index contributed by atoms with van der Waals surface area (Å²) in [5.41, 5.74) is 6.01. The number of amides is 7. The lowest BCUT2D eigenvalue weighted by Gasteiger charge is -2.27. The Morgan fingerprint density at radius 2 is 1.11 bits per heavy atom. The molecule has 1 heterocycles. The lowest BCUT2D eigenvalue weighted by atomic mass is 10.0. The number of thiol groups is 2. The van der Waals surface area contributed by atoms with Crippen LogP contribution in [-0.2, 0) is 44.8 Å². The van der Waals surface area contributed by atoms with Gasteiger partial charge in [-0.1, -0.05) is 13.8 Å². The molecule has 53 heavy (non-hydrogen) atoms. The predicted octanol–water partition coefficient (Wildman–Crippen LogP) is -6.73. The third kappa shape index (κ3) is 15.2. The van der Waals surface area contributed by atoms with E-state index in [0.29, 0.717) is 5.69 Å². The van der Waals surface area contributed by atoms with Crippen molar-refractivity contribution in [1.29, 1.82) is 0 Å². The molecule has 22 nitrogen and oxygen atoms in total. The van der Waals surface area contributed by atoms with Crippen LogP contribution < -0.4 is 43.0 Å². The zero-order chi connectivity index (χ0) is 40.4. The third-order valence-electron chi connectivity index (χ3n) is 7.39. The molecule has 24 heteroatoms. The van der Waals surface area contributed by atoms with Crippen molar-refractivity contribution >= 4 is 72.6 Å². The van der Waals surface area contributed by atoms with Crippen LogP contribution in [0.5, 0.6) is 0 Å². The summed E-state index contributed by atoms with van der Waals surface area (Å²) >= 11 is 7.73. The van der Waals surface area contributed by atoms with Crippen LogP contribution in [0.3, 0.4) is 0 Å². The number of aliphatic carboxylic acids is 1. The lowest BCUT2D eigenvalue weighted by molar-refractivity contribution is -0.142. The van der Waals surface area contributed by atoms with Gasteiger partial charge in [0.15, 0.2) is 0 Å². The number of nitrogens with one attached hydrogen (secondary N) is 8. The fraction of sp³-hybridized carbons (Fsp3) is 0.621. The van der Waals surface area contributed by atoms with Gasteiger partial charge in [0.2, 0.25) is 41.4 Å². The van der Waals surface area contributed by atoms with E-state index in [1.54, 1.807) is 13.8 Å². The molecule has 0 aliphatic rings. The minimum atomic E-state index is -1.69. The molecule has 1 rings (SSSR count). The topological polar surface area (TPSA) is 356 Å². The average Bonchev–Trinajstić information content (AvgIpc) is 3.64. The zero-order valence-electron chi connectivity index (χ0n) is 29.1. The minimum Gasteiger partial charge on any atom is -0.480 e. The molecule has 0 aromatic carbocycles. The molecule has 0 saturated carbocycles. The van der Waals surface area contributed by atoms with Gasteiger partial charge in [0, 0.05) is 29.8 Å². The molecule has 298 valence electrons. The SMILES string of the molecule is CC(C)[C@H](NC(=O)[C@H](C)NC(=O)[C@H](Cc1cnc[nH]1)NC(=O)[C@H](CO)NC(=O)[C@@H](N)CS)C(=O)N[C@@H](CO)C(=O)N[C@@H](CO)C(=O)N[C@@H](CS)C(=O)O. The lowest BCUT2D eigenvalue weighted by Crippen LogP contribution is -2.61. The van der Waals surface area contributed by atoms with Crippen LogP contribution in [0.1, 0.15) is 26.5 Å². The molecule has 1 aromatic heterocycles. The van der Waals surface area contributed by atoms with Crippen molar-refractivity contribution in [3.8, 4) is 0 Å². The number of H-pyrrole nitrogens is 1. The molecule has 7 amide bonds. The van der Waals surface area contributed by atoms with E-state index in [0.717, 1.165) is 0 Å². The number of rotatable bonds is 23. The molecule has 0 saturated heterocycles. The van der Waals surface area contributed by atoms with E-state index in [-0.39, 0.29) is 17.9 Å². The van der Waals surface area contributed by atoms with Gasteiger partial charge in [-0.05, 0) is 12.8 Å². The van der Waals surface area contributed by atoms with Crippen molar-refractivity contribution in [2.24, 2.45) is 11.7 Å². The van der Waals surface area contributed by atoms with Gasteiger partial charge in [-0.2, -0.15) is 25.3 Å². The highest BCUT2D eigenvalue weighted by molar-refractivity contribution is 7.80. The number of aliphatic hydroxyl groups is 3. The first-order valence-corrected chi connectivity index (χ1v) is 17.3. The van der Waals surface area contributed by atoms with Gasteiger partial charge in [0.05, 0.1) is 32.2 Å². The van der Waals surface area contributed by atoms with Crippen LogP contribution in [0.2, 0.25) is 0 Å². The molecular weight excluding hydrogens is 745 g/mol. The Balaban J connectivity index is 3.01. The second-order valence-electron chi connectivity index (χ2n) is 11.9. The maximum Gasteiger partial charge on any atom is 0.327 e. The fourth-order valence-electron chi connectivity index (χ4n) is 4.23. The first-order chi connectivity index (χ1) is 24.9. The Morgan fingerprint density at radius 3 is 1.53 bits per heavy atom. The number of aromatic amines is 1. The number of carbonyl (C=O) groups is 8. The smallest absolute Gasteiger partial charge is 0.327 e. The largest absolute Gasteiger partial charge is 0.480 e. The molecular formula is C29H48N10O12S2. The van der Waals surface area contributed by atoms with Gasteiger partial charge in [-0.15, -0.1) is 0 Å². The Hall–Kier alpha value is -4.49. The van der Waals surface area contributed by atoms with Crippen LogP contribution >= 0.6 is 25.3 Å². The molecule has 8 atom stereocenters. The first kappa shape index (κ1) is 46.5. The van der Waals surface area contributed by atoms with Gasteiger partial charge in [-0.3, -0.25) is 33.6 Å². The minimum absolute atomic E-state index is 0.0483. The average molecular weight is 793 g/mol. The zero-order valence-corrected chi connectivity index (χ0v) is 30.9. The Bertz CT molecular complexity index is 1420. The van der Waals surface area contributed by atoms with Gasteiger partial charge in [0.1, 0.15) is 42.3 Å². The molecule has 0 spiro atoms. The highest BCUT2D eigenvalue weighted by Crippen LogP contribution is 2.05. The standard InChI is InChI=1S/C29H48N10O12S2/c1-12(2)21(28(49)37-19(8-42)26(47)36-18(7-41)27(48)38-20(10-53)29(50)51)39-22(43)13(3)33-24(45)16(4-14-5-31-11-32-14)34-25(46)17(6-40)35-23(44)15(30)9-52/h5,11-13,15-21,40-42,52-53H,4,6-10,30H2,1-3H3,(H,31,32)(H,33,45)(H,34,46)(H,35,44)(H,36,47)(H,37,49)(H,38,48)(H,39,43)(H,50,51)/t13-,15-,16-,17-,18-,19-,20-,21-/m0/s1. The number of carboxylic acids is 1. The summed E-state index contributed by atoms with van der Waals surface area (Å²) in [5, 5.41) is 54.1. The van der Waals surface area contributed by atoms with Gasteiger partial charge < -0.3 is 68.4 Å². The molecule has 0 aliphatic heterocycles. The van der Waals surface area contributed by atoms with Crippen molar-refractivity contribution in [3.63, 3.8) is 0 Å². The molecule has 14 N–H and O–H groups in total. The molecule has 0 unspecified atom stereocenters. The molecule has 0 radical (unpaired) electrons. The summed E-state index contributed by atoms with van der Waals surface area (Å²) in [6.45, 7) is 1.58. The summed E-state index contributed by atoms with van der Waals surface area (Å²) in [6, 6.07) is -11.4. The van der Waals surface area contributed by atoms with Crippen molar-refractivity contribution < 1.29 is 58.8 Å². The number of carbonyl (C=O) groups excluding carboxylic acids is 7. The summed E-state index contributed by atoms with van der Waals surface area (Å²) in [7, 11) is 0. The molecule has 0 bridgehead atoms. The van der Waals surface area contributed by atoms with Crippen LogP contribution in [0.15, 0.2) is 12.5 Å². The van der Waals surface area contributed by atoms with E-state index in [4.69, 9.17) is 10.8 Å². The Kier molecular flexibility index (Phi) is 20.4. The van der Waals surface area contributed by atoms with Gasteiger partial charge in [0.25, 0.3) is 0 Å². The van der Waals surface area contributed by atoms with Crippen molar-refractivity contribution in [2.45, 2.75) is 75.5 Å². The maximum atomic E-state index is 13.3. The number of aromatic nitrogens is 2.